The number of nitrogens with one attached hydrogen (secondary N) is 1. The minimum absolute atomic E-state index is 0.0126. The zero-order chi connectivity index (χ0) is 18.8. The Labute approximate surface area is 166 Å². The fourth-order valence-corrected chi connectivity index (χ4v) is 4.14. The lowest BCUT2D eigenvalue weighted by Crippen LogP contribution is -2.12. The molecule has 136 valence electrons. The molecule has 2 aromatic carbocycles. The van der Waals surface area contributed by atoms with Crippen molar-refractivity contribution in [2.24, 2.45) is 0 Å². The van der Waals surface area contributed by atoms with Gasteiger partial charge in [-0.25, -0.2) is 0 Å². The zero-order valence-corrected chi connectivity index (χ0v) is 17.8. The maximum atomic E-state index is 12.9. The van der Waals surface area contributed by atoms with Crippen molar-refractivity contribution in [1.29, 1.82) is 0 Å². The van der Waals surface area contributed by atoms with Gasteiger partial charge in [-0.3, -0.25) is 4.79 Å². The van der Waals surface area contributed by atoms with Gasteiger partial charge in [0.1, 0.15) is 5.58 Å². The molecule has 0 unspecified atom stereocenters. The Morgan fingerprint density at radius 3 is 2.65 bits per heavy atom. The molecular weight excluding hydrogens is 410 g/mol. The van der Waals surface area contributed by atoms with Crippen LogP contribution in [0.3, 0.4) is 0 Å². The number of rotatable bonds is 5. The Morgan fingerprint density at radius 2 is 1.96 bits per heavy atom. The van der Waals surface area contributed by atoms with Crippen LogP contribution in [-0.2, 0) is 0 Å². The molecule has 1 atom stereocenters. The van der Waals surface area contributed by atoms with E-state index in [1.54, 1.807) is 11.8 Å². The van der Waals surface area contributed by atoms with Crippen LogP contribution in [0.5, 0.6) is 0 Å². The van der Waals surface area contributed by atoms with Gasteiger partial charge >= 0.3 is 0 Å². The SMILES string of the molecule is CCSc1oc2c([C@@H](C)Nc3ccccc3Br)cc(C)cc2c(=O)c1C. The minimum atomic E-state index is -0.0126. The van der Waals surface area contributed by atoms with Crippen molar-refractivity contribution in [2.45, 2.75) is 38.8 Å². The number of aryl methyl sites for hydroxylation is 1. The molecule has 0 aliphatic rings. The maximum absolute atomic E-state index is 12.9. The molecule has 3 aromatic rings. The molecule has 0 aliphatic carbocycles. The quantitative estimate of drug-likeness (QED) is 0.470. The summed E-state index contributed by atoms with van der Waals surface area (Å²) in [6.45, 7) is 7.99. The lowest BCUT2D eigenvalue weighted by molar-refractivity contribution is 0.488. The van der Waals surface area contributed by atoms with Gasteiger partial charge in [-0.05, 0) is 66.2 Å². The summed E-state index contributed by atoms with van der Waals surface area (Å²) in [5.74, 6) is 0.862. The summed E-state index contributed by atoms with van der Waals surface area (Å²) in [5, 5.41) is 4.88. The van der Waals surface area contributed by atoms with E-state index in [1.165, 1.54) is 0 Å². The first kappa shape index (κ1) is 19.1. The third-order valence-electron chi connectivity index (χ3n) is 4.34. The molecule has 0 saturated heterocycles. The van der Waals surface area contributed by atoms with Gasteiger partial charge in [0, 0.05) is 21.3 Å². The molecule has 5 heteroatoms. The summed E-state index contributed by atoms with van der Waals surface area (Å²) in [7, 11) is 0. The fraction of sp³-hybridized carbons (Fsp3) is 0.286. The first-order valence-electron chi connectivity index (χ1n) is 8.64. The zero-order valence-electron chi connectivity index (χ0n) is 15.4. The van der Waals surface area contributed by atoms with E-state index in [9.17, 15) is 4.79 Å². The van der Waals surface area contributed by atoms with Crippen LogP contribution in [0, 0.1) is 13.8 Å². The van der Waals surface area contributed by atoms with Crippen molar-refractivity contribution in [3.05, 3.63) is 67.8 Å². The topological polar surface area (TPSA) is 42.2 Å². The van der Waals surface area contributed by atoms with Gasteiger partial charge in [0.15, 0.2) is 10.5 Å². The lowest BCUT2D eigenvalue weighted by atomic mass is 10.0. The molecule has 1 N–H and O–H groups in total. The fourth-order valence-electron chi connectivity index (χ4n) is 3.03. The van der Waals surface area contributed by atoms with Crippen molar-refractivity contribution in [3.8, 4) is 0 Å². The molecule has 0 aliphatic heterocycles. The second-order valence-electron chi connectivity index (χ2n) is 6.35. The predicted octanol–water partition coefficient (Wildman–Crippen LogP) is 6.46. The van der Waals surface area contributed by atoms with Crippen LogP contribution in [0.4, 0.5) is 5.69 Å². The van der Waals surface area contributed by atoms with Crippen molar-refractivity contribution in [2.75, 3.05) is 11.1 Å². The molecule has 3 nitrogen and oxygen atoms in total. The molecule has 1 heterocycles. The van der Waals surface area contributed by atoms with E-state index in [-0.39, 0.29) is 11.5 Å². The van der Waals surface area contributed by atoms with Gasteiger partial charge in [-0.2, -0.15) is 0 Å². The highest BCUT2D eigenvalue weighted by Gasteiger charge is 2.18. The second-order valence-corrected chi connectivity index (χ2v) is 8.44. The van der Waals surface area contributed by atoms with Crippen molar-refractivity contribution < 1.29 is 4.42 Å². The van der Waals surface area contributed by atoms with Crippen molar-refractivity contribution in [3.63, 3.8) is 0 Å². The number of thioether (sulfide) groups is 1. The van der Waals surface area contributed by atoms with Crippen LogP contribution in [0.2, 0.25) is 0 Å². The number of para-hydroxylation sites is 1. The third-order valence-corrected chi connectivity index (χ3v) is 5.97. The highest BCUT2D eigenvalue weighted by molar-refractivity contribution is 9.10. The Hall–Kier alpha value is -1.72. The third kappa shape index (κ3) is 3.69. The number of anilines is 1. The number of fused-ring (bicyclic) bond motifs is 1. The second kappa shape index (κ2) is 7.89. The Bertz CT molecular complexity index is 1010. The van der Waals surface area contributed by atoms with E-state index < -0.39 is 0 Å². The molecule has 1 aromatic heterocycles. The van der Waals surface area contributed by atoms with Crippen LogP contribution in [0.25, 0.3) is 11.0 Å². The van der Waals surface area contributed by atoms with E-state index in [4.69, 9.17) is 4.42 Å². The van der Waals surface area contributed by atoms with Crippen LogP contribution >= 0.6 is 27.7 Å². The lowest BCUT2D eigenvalue weighted by Gasteiger charge is -2.19. The van der Waals surface area contributed by atoms with Crippen LogP contribution in [-0.4, -0.2) is 5.75 Å². The minimum Gasteiger partial charge on any atom is -0.449 e. The first-order chi connectivity index (χ1) is 12.4. The summed E-state index contributed by atoms with van der Waals surface area (Å²) in [5.41, 5.74) is 4.47. The number of halogens is 1. The molecule has 0 saturated carbocycles. The predicted molar refractivity (Wildman–Crippen MR) is 115 cm³/mol. The number of hydrogen-bond acceptors (Lipinski definition) is 4. The average Bonchev–Trinajstić information content (AvgIpc) is 2.61. The summed E-state index contributed by atoms with van der Waals surface area (Å²) >= 11 is 5.14. The van der Waals surface area contributed by atoms with E-state index in [2.05, 4.69) is 41.2 Å². The average molecular weight is 432 g/mol. The van der Waals surface area contributed by atoms with Gasteiger partial charge in [-0.15, -0.1) is 0 Å². The highest BCUT2D eigenvalue weighted by Crippen LogP contribution is 2.32. The Kier molecular flexibility index (Phi) is 5.78. The number of hydrogen-bond donors (Lipinski definition) is 1. The molecule has 0 amide bonds. The summed E-state index contributed by atoms with van der Waals surface area (Å²) in [6, 6.07) is 12.0. The monoisotopic (exact) mass is 431 g/mol. The summed E-state index contributed by atoms with van der Waals surface area (Å²) in [6.07, 6.45) is 0. The molecule has 3 rings (SSSR count). The largest absolute Gasteiger partial charge is 0.449 e. The van der Waals surface area contributed by atoms with Crippen LogP contribution < -0.4 is 10.7 Å². The van der Waals surface area contributed by atoms with Crippen LogP contribution in [0.1, 0.15) is 36.6 Å². The Morgan fingerprint density at radius 1 is 1.23 bits per heavy atom. The standard InChI is InChI=1S/C21H22BrNO2S/c1-5-26-21-13(3)19(24)16-11-12(2)10-15(20(16)25-21)14(4)23-18-9-7-6-8-17(18)22/h6-11,14,23H,5H2,1-4H3/t14-/m1/s1. The van der Waals surface area contributed by atoms with Gasteiger partial charge < -0.3 is 9.73 Å². The Balaban J connectivity index is 2.15. The molecular formula is C21H22BrNO2S. The van der Waals surface area contributed by atoms with Gasteiger partial charge in [-0.1, -0.05) is 36.9 Å². The molecule has 0 fully saturated rings. The van der Waals surface area contributed by atoms with Gasteiger partial charge in [0.2, 0.25) is 0 Å². The van der Waals surface area contributed by atoms with Crippen LogP contribution in [0.15, 0.2) is 55.2 Å². The first-order valence-corrected chi connectivity index (χ1v) is 10.4. The molecule has 0 spiro atoms. The van der Waals surface area contributed by atoms with Crippen molar-refractivity contribution >= 4 is 44.3 Å². The van der Waals surface area contributed by atoms with Crippen molar-refractivity contribution in [1.82, 2.24) is 0 Å². The normalized spacial score (nSPS) is 12.3. The van der Waals surface area contributed by atoms with E-state index >= 15 is 0 Å². The molecule has 26 heavy (non-hydrogen) atoms. The van der Waals surface area contributed by atoms with E-state index in [1.807, 2.05) is 44.2 Å². The molecule has 0 radical (unpaired) electrons. The smallest absolute Gasteiger partial charge is 0.196 e. The van der Waals surface area contributed by atoms with Gasteiger partial charge in [0.05, 0.1) is 11.4 Å². The van der Waals surface area contributed by atoms with E-state index in [0.717, 1.165) is 27.0 Å². The molecule has 0 bridgehead atoms. The maximum Gasteiger partial charge on any atom is 0.196 e. The van der Waals surface area contributed by atoms with Gasteiger partial charge in [0.25, 0.3) is 0 Å². The summed E-state index contributed by atoms with van der Waals surface area (Å²) < 4.78 is 7.20. The number of benzene rings is 2. The van der Waals surface area contributed by atoms with E-state index in [0.29, 0.717) is 21.6 Å². The summed E-state index contributed by atoms with van der Waals surface area (Å²) in [4.78, 5) is 12.9. The highest BCUT2D eigenvalue weighted by atomic mass is 79.9.